The Bertz CT molecular complexity index is 1370. The molecule has 0 spiro atoms. The van der Waals surface area contributed by atoms with Crippen LogP contribution in [-0.2, 0) is 18.6 Å². The van der Waals surface area contributed by atoms with Crippen LogP contribution in [-0.4, -0.2) is 64.4 Å². The van der Waals surface area contributed by atoms with Gasteiger partial charge in [0.2, 0.25) is 0 Å². The minimum absolute atomic E-state index is 0.164. The zero-order valence-corrected chi connectivity index (χ0v) is 26.6. The zero-order chi connectivity index (χ0) is 29.4. The van der Waals surface area contributed by atoms with Gasteiger partial charge in [-0.2, -0.15) is 5.26 Å². The maximum Gasteiger partial charge on any atom is 0.261 e. The summed E-state index contributed by atoms with van der Waals surface area (Å²) >= 11 is 1.37. The first-order valence-electron chi connectivity index (χ1n) is 13.9. The summed E-state index contributed by atoms with van der Waals surface area (Å²) in [5.74, 6) is -0.770. The molecule has 0 saturated carbocycles. The van der Waals surface area contributed by atoms with Gasteiger partial charge in [-0.1, -0.05) is 81.4 Å². The average Bonchev–Trinajstić information content (AvgIpc) is 3.58. The third kappa shape index (κ3) is 5.65. The lowest BCUT2D eigenvalue weighted by Gasteiger charge is -2.43. The Labute approximate surface area is 248 Å². The molecular weight excluding hydrogens is 551 g/mol. The summed E-state index contributed by atoms with van der Waals surface area (Å²) in [4.78, 5) is 7.03. The molecule has 41 heavy (non-hydrogen) atoms. The van der Waals surface area contributed by atoms with Gasteiger partial charge in [0.05, 0.1) is 18.6 Å². The highest BCUT2D eigenvalue weighted by Gasteiger charge is 2.58. The number of hydrogen-bond acceptors (Lipinski definition) is 7. The largest absolute Gasteiger partial charge is 0.405 e. The fourth-order valence-corrected chi connectivity index (χ4v) is 11.4. The number of benzene rings is 2. The average molecular weight is 590 g/mol. The van der Waals surface area contributed by atoms with Gasteiger partial charge in [-0.05, 0) is 29.3 Å². The second kappa shape index (κ2) is 11.4. The van der Waals surface area contributed by atoms with Crippen LogP contribution in [0, 0.1) is 11.3 Å². The van der Waals surface area contributed by atoms with Gasteiger partial charge in [-0.15, -0.1) is 11.3 Å². The Morgan fingerprint density at radius 1 is 1.02 bits per heavy atom. The van der Waals surface area contributed by atoms with Crippen LogP contribution in [0.2, 0.25) is 5.04 Å². The van der Waals surface area contributed by atoms with Crippen molar-refractivity contribution in [2.45, 2.75) is 69.9 Å². The van der Waals surface area contributed by atoms with Crippen molar-refractivity contribution in [2.75, 3.05) is 20.7 Å². The maximum atomic E-state index is 9.79. The molecule has 5 rings (SSSR count). The number of thiophene rings is 1. The molecule has 2 aromatic carbocycles. The van der Waals surface area contributed by atoms with Crippen molar-refractivity contribution in [1.82, 2.24) is 4.90 Å². The lowest BCUT2D eigenvalue weighted by molar-refractivity contribution is -0.190. The van der Waals surface area contributed by atoms with Crippen LogP contribution < -0.4 is 10.4 Å². The van der Waals surface area contributed by atoms with Gasteiger partial charge >= 0.3 is 0 Å². The highest BCUT2D eigenvalue weighted by molar-refractivity contribution is 7.11. The van der Waals surface area contributed by atoms with E-state index in [4.69, 9.17) is 18.6 Å². The van der Waals surface area contributed by atoms with E-state index in [9.17, 15) is 5.26 Å². The molecular formula is C32H39N3O4SSi. The van der Waals surface area contributed by atoms with Crippen molar-refractivity contribution >= 4 is 42.1 Å². The lowest BCUT2D eigenvalue weighted by atomic mass is 10.0. The highest BCUT2D eigenvalue weighted by atomic mass is 32.1. The highest BCUT2D eigenvalue weighted by Crippen LogP contribution is 2.49. The Hall–Kier alpha value is -2.84. The third-order valence-corrected chi connectivity index (χ3v) is 13.5. The van der Waals surface area contributed by atoms with Crippen LogP contribution >= 0.6 is 11.3 Å². The van der Waals surface area contributed by atoms with E-state index < -0.39 is 20.2 Å². The Balaban J connectivity index is 1.52. The number of hydrogen-bond donors (Lipinski definition) is 0. The van der Waals surface area contributed by atoms with Gasteiger partial charge < -0.3 is 23.5 Å². The van der Waals surface area contributed by atoms with Gasteiger partial charge in [-0.25, -0.2) is 4.99 Å². The van der Waals surface area contributed by atoms with Crippen molar-refractivity contribution < 1.29 is 18.6 Å². The van der Waals surface area contributed by atoms with E-state index in [0.29, 0.717) is 17.2 Å². The topological polar surface area (TPSA) is 76.3 Å². The normalized spacial score (nSPS) is 24.0. The molecule has 2 fully saturated rings. The second-order valence-corrected chi connectivity index (χ2v) is 17.5. The number of ether oxygens (including phenoxy) is 3. The first kappa shape index (κ1) is 29.6. The quantitative estimate of drug-likeness (QED) is 0.200. The smallest absolute Gasteiger partial charge is 0.261 e. The van der Waals surface area contributed by atoms with Gasteiger partial charge in [0.15, 0.2) is 5.79 Å². The molecule has 2 saturated heterocycles. The van der Waals surface area contributed by atoms with Gasteiger partial charge in [0.25, 0.3) is 8.32 Å². The fraction of sp³-hybridized carbons (Fsp3) is 0.438. The van der Waals surface area contributed by atoms with E-state index in [0.717, 1.165) is 5.56 Å². The Morgan fingerprint density at radius 3 is 2.15 bits per heavy atom. The molecule has 4 atom stereocenters. The summed E-state index contributed by atoms with van der Waals surface area (Å²) < 4.78 is 26.9. The van der Waals surface area contributed by atoms with Crippen molar-refractivity contribution in [3.63, 3.8) is 0 Å². The molecule has 216 valence electrons. The summed E-state index contributed by atoms with van der Waals surface area (Å²) in [5.41, 5.74) is 1.46. The molecule has 7 nitrogen and oxygen atoms in total. The molecule has 2 aliphatic rings. The van der Waals surface area contributed by atoms with E-state index in [1.807, 2.05) is 50.4 Å². The molecule has 0 bridgehead atoms. The number of rotatable bonds is 8. The van der Waals surface area contributed by atoms with E-state index in [2.05, 4.69) is 80.4 Å². The minimum Gasteiger partial charge on any atom is -0.405 e. The van der Waals surface area contributed by atoms with E-state index in [1.54, 1.807) is 6.34 Å². The Kier molecular flexibility index (Phi) is 8.27. The summed E-state index contributed by atoms with van der Waals surface area (Å²) in [5, 5.41) is 14.0. The van der Waals surface area contributed by atoms with Gasteiger partial charge in [-0.3, -0.25) is 0 Å². The van der Waals surface area contributed by atoms with E-state index in [1.165, 1.54) is 21.7 Å². The SMILES string of the molecule is CN(C)/C=N/c1c([C@@H]2O[C@H](CO[Si](c3ccccc3)(c3ccccc3)C(C)(C)C)[C@H]3OC(C)(C)O[C@H]32)csc1C#N. The molecule has 0 amide bonds. The van der Waals surface area contributed by atoms with E-state index in [-0.39, 0.29) is 23.4 Å². The van der Waals surface area contributed by atoms with Crippen LogP contribution in [0.4, 0.5) is 5.69 Å². The van der Waals surface area contributed by atoms with Gasteiger partial charge in [0, 0.05) is 25.0 Å². The third-order valence-electron chi connectivity index (χ3n) is 7.65. The first-order valence-corrected chi connectivity index (χ1v) is 16.7. The van der Waals surface area contributed by atoms with Crippen molar-refractivity contribution in [3.05, 3.63) is 76.5 Å². The molecule has 0 aliphatic carbocycles. The second-order valence-electron chi connectivity index (χ2n) is 12.3. The first-order chi connectivity index (χ1) is 19.5. The molecule has 0 radical (unpaired) electrons. The minimum atomic E-state index is -2.78. The van der Waals surface area contributed by atoms with Crippen LogP contribution in [0.15, 0.2) is 71.0 Å². The Morgan fingerprint density at radius 2 is 1.61 bits per heavy atom. The molecule has 0 N–H and O–H groups in total. The number of aliphatic imine (C=N–C) groups is 1. The van der Waals surface area contributed by atoms with Gasteiger partial charge in [0.1, 0.15) is 35.4 Å². The number of nitrogens with zero attached hydrogens (tertiary/aromatic N) is 3. The summed E-state index contributed by atoms with van der Waals surface area (Å²) in [7, 11) is 1.02. The number of nitriles is 1. The fourth-order valence-electron chi connectivity index (χ4n) is 5.99. The molecule has 1 aromatic heterocycles. The standard InChI is InChI=1S/C32H39N3O4SSi/c1-31(2,3)41(22-14-10-8-11-15-22,23-16-12-9-13-17-23)36-19-25-29-30(39-32(4,5)38-29)28(37-25)24-20-40-26(18-33)27(24)34-21-35(6)7/h8-17,20-21,25,28-30H,19H2,1-7H3/b34-21+/t25-,28+,29-,30+/m1/s1. The molecule has 3 aromatic rings. The van der Waals surface area contributed by atoms with Crippen LogP contribution in [0.1, 0.15) is 51.2 Å². The van der Waals surface area contributed by atoms with Crippen molar-refractivity contribution in [2.24, 2.45) is 4.99 Å². The van der Waals surface area contributed by atoms with Crippen molar-refractivity contribution in [3.8, 4) is 6.07 Å². The lowest BCUT2D eigenvalue weighted by Crippen LogP contribution is -2.67. The van der Waals surface area contributed by atoms with Crippen LogP contribution in [0.3, 0.4) is 0 Å². The van der Waals surface area contributed by atoms with Crippen LogP contribution in [0.5, 0.6) is 0 Å². The predicted molar refractivity (Wildman–Crippen MR) is 166 cm³/mol. The summed E-state index contributed by atoms with van der Waals surface area (Å²) in [6.45, 7) is 11.0. The summed E-state index contributed by atoms with van der Waals surface area (Å²) in [6, 6.07) is 23.5. The maximum absolute atomic E-state index is 9.79. The number of fused-ring (bicyclic) bond motifs is 1. The van der Waals surface area contributed by atoms with E-state index >= 15 is 0 Å². The van der Waals surface area contributed by atoms with Crippen molar-refractivity contribution in [1.29, 1.82) is 5.26 Å². The predicted octanol–water partition coefficient (Wildman–Crippen LogP) is 5.38. The van der Waals surface area contributed by atoms with Crippen LogP contribution in [0.25, 0.3) is 0 Å². The molecule has 3 heterocycles. The molecule has 2 aliphatic heterocycles. The summed E-state index contributed by atoms with van der Waals surface area (Å²) in [6.07, 6.45) is 0.210. The molecule has 9 heteroatoms. The zero-order valence-electron chi connectivity index (χ0n) is 24.8. The molecule has 0 unspecified atom stereocenters. The monoisotopic (exact) mass is 589 g/mol.